The van der Waals surface area contributed by atoms with E-state index in [1.165, 1.54) is 28.8 Å². The Morgan fingerprint density at radius 1 is 1.16 bits per heavy atom. The smallest absolute Gasteiger partial charge is 0.327 e. The predicted octanol–water partition coefficient (Wildman–Crippen LogP) is -0.307. The van der Waals surface area contributed by atoms with Crippen LogP contribution in [0, 0.1) is 5.92 Å². The molecule has 3 amide bonds. The number of aromatic amines is 1. The highest BCUT2D eigenvalue weighted by Gasteiger charge is 2.64. The Balaban J connectivity index is 1.37. The number of carboxylic acids is 1. The molecule has 2 saturated heterocycles. The van der Waals surface area contributed by atoms with Crippen LogP contribution in [0.15, 0.2) is 27.9 Å². The average Bonchev–Trinajstić information content (AvgIpc) is 3.14. The van der Waals surface area contributed by atoms with Crippen LogP contribution in [0.25, 0.3) is 5.65 Å². The Labute approximate surface area is 220 Å². The van der Waals surface area contributed by atoms with Crippen molar-refractivity contribution in [3.63, 3.8) is 0 Å². The van der Waals surface area contributed by atoms with Crippen molar-refractivity contribution in [1.82, 2.24) is 30.1 Å². The minimum absolute atomic E-state index is 0.150. The second kappa shape index (κ2) is 9.57. The fraction of sp³-hybridized carbons (Fsp3) is 0.542. The van der Waals surface area contributed by atoms with E-state index in [2.05, 4.69) is 20.7 Å². The molecule has 0 spiro atoms. The van der Waals surface area contributed by atoms with Gasteiger partial charge in [-0.2, -0.15) is 4.52 Å². The molecule has 4 heterocycles. The van der Waals surface area contributed by atoms with Crippen molar-refractivity contribution in [1.29, 1.82) is 0 Å². The minimum atomic E-state index is -1.10. The van der Waals surface area contributed by atoms with Crippen LogP contribution in [0.4, 0.5) is 0 Å². The van der Waals surface area contributed by atoms with Gasteiger partial charge in [-0.05, 0) is 38.7 Å². The number of H-pyrrole nitrogens is 1. The highest BCUT2D eigenvalue weighted by Crippen LogP contribution is 2.50. The second-order valence-electron chi connectivity index (χ2n) is 10.4. The number of nitrogens with one attached hydrogen (secondary N) is 3. The molecule has 2 aliphatic heterocycles. The summed E-state index contributed by atoms with van der Waals surface area (Å²) in [6.45, 7) is 3.49. The highest BCUT2D eigenvalue weighted by molar-refractivity contribution is 8.01. The molecule has 1 saturated carbocycles. The van der Waals surface area contributed by atoms with Crippen molar-refractivity contribution in [2.45, 2.75) is 74.2 Å². The van der Waals surface area contributed by atoms with Crippen LogP contribution in [-0.4, -0.2) is 76.5 Å². The van der Waals surface area contributed by atoms with Crippen LogP contribution in [0.5, 0.6) is 0 Å². The van der Waals surface area contributed by atoms with Gasteiger partial charge in [0.2, 0.25) is 11.8 Å². The first kappa shape index (κ1) is 25.9. The first-order valence-corrected chi connectivity index (χ1v) is 13.3. The standard InChI is InChI=1S/C24H28N6O7S/c1-24(2)17(23(36)37)29-21(35)16(22(29)38-24)27-19(33)15(11-6-4-3-5-7-11)26-18(32)12-10-25-13-8-9-14(31)28-30(13)20(12)34/h8-11,15-17,22H,3-7H2,1-2H3,(H,26,32)(H,27,33)(H,28,31)(H,36,37)/t15?,16-,17+,22-/m1/s1. The molecule has 0 radical (unpaired) electrons. The molecule has 4 atom stereocenters. The number of hydrogen-bond acceptors (Lipinski definition) is 8. The fourth-order valence-electron chi connectivity index (χ4n) is 5.62. The van der Waals surface area contributed by atoms with Crippen molar-refractivity contribution < 1.29 is 24.3 Å². The van der Waals surface area contributed by atoms with Crippen LogP contribution in [-0.2, 0) is 14.4 Å². The molecule has 4 N–H and O–H groups in total. The van der Waals surface area contributed by atoms with Gasteiger partial charge in [0, 0.05) is 17.0 Å². The molecule has 0 aromatic carbocycles. The van der Waals surface area contributed by atoms with E-state index in [0.717, 1.165) is 30.0 Å². The number of aromatic nitrogens is 3. The monoisotopic (exact) mass is 544 g/mol. The van der Waals surface area contributed by atoms with Crippen LogP contribution in [0.1, 0.15) is 56.3 Å². The van der Waals surface area contributed by atoms with E-state index in [-0.39, 0.29) is 17.1 Å². The largest absolute Gasteiger partial charge is 0.480 e. The molecule has 5 rings (SSSR count). The number of fused-ring (bicyclic) bond motifs is 2. The number of rotatable bonds is 6. The molecular weight excluding hydrogens is 516 g/mol. The number of amides is 3. The summed E-state index contributed by atoms with van der Waals surface area (Å²) < 4.78 is 0.126. The number of carbonyl (C=O) groups excluding carboxylic acids is 3. The van der Waals surface area contributed by atoms with Crippen molar-refractivity contribution in [2.75, 3.05) is 0 Å². The summed E-state index contributed by atoms with van der Waals surface area (Å²) in [5.41, 5.74) is -1.53. The van der Waals surface area contributed by atoms with Crippen LogP contribution in [0.2, 0.25) is 0 Å². The number of hydrogen-bond donors (Lipinski definition) is 4. The van der Waals surface area contributed by atoms with E-state index in [0.29, 0.717) is 12.8 Å². The van der Waals surface area contributed by atoms with E-state index >= 15 is 0 Å². The maximum atomic E-state index is 13.5. The van der Waals surface area contributed by atoms with E-state index in [1.807, 2.05) is 0 Å². The molecule has 2 aromatic rings. The molecule has 1 aliphatic carbocycles. The lowest BCUT2D eigenvalue weighted by Gasteiger charge is -2.44. The Kier molecular flexibility index (Phi) is 6.53. The van der Waals surface area contributed by atoms with Crippen molar-refractivity contribution in [3.8, 4) is 0 Å². The first-order valence-electron chi connectivity index (χ1n) is 12.4. The van der Waals surface area contributed by atoms with Gasteiger partial charge in [-0.25, -0.2) is 9.78 Å². The van der Waals surface area contributed by atoms with Gasteiger partial charge in [-0.15, -0.1) is 11.8 Å². The third-order valence-electron chi connectivity index (χ3n) is 7.50. The molecule has 202 valence electrons. The number of thioether (sulfide) groups is 1. The minimum Gasteiger partial charge on any atom is -0.480 e. The van der Waals surface area contributed by atoms with Crippen molar-refractivity contribution in [2.24, 2.45) is 5.92 Å². The van der Waals surface area contributed by atoms with E-state index in [4.69, 9.17) is 0 Å². The van der Waals surface area contributed by atoms with E-state index in [1.54, 1.807) is 13.8 Å². The quantitative estimate of drug-likeness (QED) is 0.355. The summed E-state index contributed by atoms with van der Waals surface area (Å²) in [6, 6.07) is -0.398. The highest BCUT2D eigenvalue weighted by atomic mass is 32.2. The number of nitrogens with zero attached hydrogens (tertiary/aromatic N) is 3. The maximum absolute atomic E-state index is 13.5. The van der Waals surface area contributed by atoms with Crippen molar-refractivity contribution >= 4 is 41.1 Å². The molecule has 38 heavy (non-hydrogen) atoms. The zero-order valence-electron chi connectivity index (χ0n) is 20.8. The molecule has 1 unspecified atom stereocenters. The summed E-state index contributed by atoms with van der Waals surface area (Å²) in [5.74, 6) is -3.19. The van der Waals surface area contributed by atoms with Gasteiger partial charge in [0.15, 0.2) is 5.65 Å². The van der Waals surface area contributed by atoms with E-state index in [9.17, 15) is 33.9 Å². The number of carbonyl (C=O) groups is 4. The maximum Gasteiger partial charge on any atom is 0.327 e. The molecule has 3 aliphatic rings. The zero-order chi connectivity index (χ0) is 27.4. The first-order chi connectivity index (χ1) is 18.0. The normalized spacial score (nSPS) is 25.4. The van der Waals surface area contributed by atoms with Gasteiger partial charge in [-0.3, -0.25) is 29.1 Å². The Hall–Kier alpha value is -3.68. The second-order valence-corrected chi connectivity index (χ2v) is 12.2. The predicted molar refractivity (Wildman–Crippen MR) is 136 cm³/mol. The number of carboxylic acid groups (broad SMARTS) is 1. The van der Waals surface area contributed by atoms with Gasteiger partial charge in [0.05, 0.1) is 0 Å². The Morgan fingerprint density at radius 2 is 1.87 bits per heavy atom. The van der Waals surface area contributed by atoms with Gasteiger partial charge < -0.3 is 20.6 Å². The van der Waals surface area contributed by atoms with Gasteiger partial charge in [0.25, 0.3) is 17.0 Å². The Bertz CT molecular complexity index is 1450. The molecule has 3 fully saturated rings. The van der Waals surface area contributed by atoms with Crippen LogP contribution < -0.4 is 21.8 Å². The third kappa shape index (κ3) is 4.36. The number of β-lactam (4-membered cyclic amide) rings is 1. The van der Waals surface area contributed by atoms with Gasteiger partial charge in [-0.1, -0.05) is 19.3 Å². The van der Waals surface area contributed by atoms with Crippen LogP contribution in [0.3, 0.4) is 0 Å². The van der Waals surface area contributed by atoms with Gasteiger partial charge >= 0.3 is 5.97 Å². The summed E-state index contributed by atoms with van der Waals surface area (Å²) in [7, 11) is 0. The molecule has 13 nitrogen and oxygen atoms in total. The van der Waals surface area contributed by atoms with Gasteiger partial charge in [0.1, 0.15) is 29.1 Å². The summed E-state index contributed by atoms with van der Waals surface area (Å²) in [6.07, 6.45) is 5.19. The summed E-state index contributed by atoms with van der Waals surface area (Å²) >= 11 is 1.31. The molecule has 0 bridgehead atoms. The summed E-state index contributed by atoms with van der Waals surface area (Å²) in [4.78, 5) is 81.3. The average molecular weight is 545 g/mol. The third-order valence-corrected chi connectivity index (χ3v) is 9.07. The lowest BCUT2D eigenvalue weighted by Crippen LogP contribution is -2.72. The van der Waals surface area contributed by atoms with Crippen molar-refractivity contribution in [3.05, 3.63) is 44.6 Å². The molecule has 14 heteroatoms. The SMILES string of the molecule is CC1(C)S[C@@H]2[C@H](NC(=O)C(NC(=O)c3cnc4ccc(=O)[nH]n4c3=O)C3CCCCC3)C(=O)N2[C@H]1C(=O)O. The van der Waals surface area contributed by atoms with Crippen LogP contribution >= 0.6 is 11.8 Å². The van der Waals surface area contributed by atoms with E-state index < -0.39 is 63.1 Å². The fourth-order valence-corrected chi connectivity index (χ4v) is 7.24. The molecule has 2 aromatic heterocycles. The Morgan fingerprint density at radius 3 is 2.55 bits per heavy atom. The molecular formula is C24H28N6O7S. The lowest BCUT2D eigenvalue weighted by molar-refractivity contribution is -0.161. The zero-order valence-corrected chi connectivity index (χ0v) is 21.6. The topological polar surface area (TPSA) is 183 Å². The summed E-state index contributed by atoms with van der Waals surface area (Å²) in [5, 5.41) is 16.8. The number of aliphatic carboxylic acids is 1. The lowest BCUT2D eigenvalue weighted by atomic mass is 9.83.